The van der Waals surface area contributed by atoms with E-state index < -0.39 is 0 Å². The number of carbonyl (C=O) groups is 1. The van der Waals surface area contributed by atoms with E-state index in [2.05, 4.69) is 33.0 Å². The van der Waals surface area contributed by atoms with Crippen LogP contribution in [-0.4, -0.2) is 23.5 Å². The van der Waals surface area contributed by atoms with Gasteiger partial charge in [-0.05, 0) is 31.9 Å². The summed E-state index contributed by atoms with van der Waals surface area (Å²) in [6, 6.07) is 0.454. The molecule has 3 heteroatoms. The lowest BCUT2D eigenvalue weighted by Crippen LogP contribution is -2.41. The van der Waals surface area contributed by atoms with E-state index in [1.165, 1.54) is 11.8 Å². The molecule has 0 aromatic heterocycles. The third-order valence-electron chi connectivity index (χ3n) is 2.29. The number of thioether (sulfide) groups is 1. The van der Waals surface area contributed by atoms with E-state index in [-0.39, 0.29) is 11.2 Å². The quantitative estimate of drug-likeness (QED) is 0.741. The van der Waals surface area contributed by atoms with Crippen LogP contribution in [0.4, 0.5) is 0 Å². The van der Waals surface area contributed by atoms with Gasteiger partial charge in [0.25, 0.3) is 0 Å². The second-order valence-corrected chi connectivity index (χ2v) is 4.99. The van der Waals surface area contributed by atoms with Gasteiger partial charge in [-0.1, -0.05) is 32.5 Å². The monoisotopic (exact) mass is 217 g/mol. The van der Waals surface area contributed by atoms with Crippen LogP contribution in [0.25, 0.3) is 0 Å². The number of nitrogens with one attached hydrogen (secondary N) is 1. The summed E-state index contributed by atoms with van der Waals surface area (Å²) in [7, 11) is 0. The SMILES string of the molecule is CCC(C)NC(CC(C)C)C(=O)SC. The maximum atomic E-state index is 11.6. The molecule has 2 nitrogen and oxygen atoms in total. The van der Waals surface area contributed by atoms with Crippen LogP contribution in [0.1, 0.15) is 40.5 Å². The summed E-state index contributed by atoms with van der Waals surface area (Å²) in [5, 5.41) is 3.64. The molecular formula is C11H23NOS. The number of carbonyl (C=O) groups excluding carboxylic acids is 1. The topological polar surface area (TPSA) is 29.1 Å². The molecule has 0 saturated heterocycles. The normalized spacial score (nSPS) is 15.6. The highest BCUT2D eigenvalue weighted by Crippen LogP contribution is 2.12. The molecule has 2 unspecified atom stereocenters. The van der Waals surface area contributed by atoms with Gasteiger partial charge in [-0.25, -0.2) is 0 Å². The molecule has 0 aromatic rings. The van der Waals surface area contributed by atoms with Crippen molar-refractivity contribution in [1.29, 1.82) is 0 Å². The molecule has 0 aromatic carbocycles. The molecule has 0 bridgehead atoms. The Bertz CT molecular complexity index is 171. The predicted molar refractivity (Wildman–Crippen MR) is 64.7 cm³/mol. The molecule has 0 rings (SSSR count). The molecule has 2 atom stereocenters. The van der Waals surface area contributed by atoms with Crippen molar-refractivity contribution in [3.05, 3.63) is 0 Å². The highest BCUT2D eigenvalue weighted by Gasteiger charge is 2.19. The first-order valence-electron chi connectivity index (χ1n) is 5.35. The summed E-state index contributed by atoms with van der Waals surface area (Å²) in [5.74, 6) is 0.563. The molecule has 0 saturated carbocycles. The first-order chi connectivity index (χ1) is 6.51. The van der Waals surface area contributed by atoms with Crippen molar-refractivity contribution in [1.82, 2.24) is 5.32 Å². The zero-order valence-electron chi connectivity index (χ0n) is 9.96. The zero-order chi connectivity index (χ0) is 11.1. The first-order valence-corrected chi connectivity index (χ1v) is 6.57. The Kier molecular flexibility index (Phi) is 7.28. The fraction of sp³-hybridized carbons (Fsp3) is 0.909. The molecular weight excluding hydrogens is 194 g/mol. The Hall–Kier alpha value is -0.0200. The molecule has 0 amide bonds. The zero-order valence-corrected chi connectivity index (χ0v) is 10.8. The summed E-state index contributed by atoms with van der Waals surface area (Å²) in [5.41, 5.74) is 0. The molecule has 14 heavy (non-hydrogen) atoms. The Morgan fingerprint density at radius 3 is 2.29 bits per heavy atom. The van der Waals surface area contributed by atoms with E-state index in [0.717, 1.165) is 12.8 Å². The minimum atomic E-state index is 0.0277. The first kappa shape index (κ1) is 14.0. The van der Waals surface area contributed by atoms with Crippen LogP contribution in [-0.2, 0) is 4.79 Å². The minimum Gasteiger partial charge on any atom is -0.304 e. The lowest BCUT2D eigenvalue weighted by molar-refractivity contribution is -0.113. The highest BCUT2D eigenvalue weighted by atomic mass is 32.2. The summed E-state index contributed by atoms with van der Waals surface area (Å²) in [4.78, 5) is 11.6. The Morgan fingerprint density at radius 2 is 1.93 bits per heavy atom. The maximum absolute atomic E-state index is 11.6. The van der Waals surface area contributed by atoms with Crippen LogP contribution in [0.5, 0.6) is 0 Å². The fourth-order valence-corrected chi connectivity index (χ4v) is 1.76. The predicted octanol–water partition coefficient (Wildman–Crippen LogP) is 2.68. The third-order valence-corrected chi connectivity index (χ3v) is 2.98. The smallest absolute Gasteiger partial charge is 0.205 e. The fourth-order valence-electron chi connectivity index (χ4n) is 1.31. The second kappa shape index (κ2) is 7.30. The Balaban J connectivity index is 4.17. The van der Waals surface area contributed by atoms with Crippen LogP contribution in [0, 0.1) is 5.92 Å². The van der Waals surface area contributed by atoms with E-state index in [9.17, 15) is 4.79 Å². The summed E-state index contributed by atoms with van der Waals surface area (Å²) in [6.45, 7) is 8.56. The van der Waals surface area contributed by atoms with Gasteiger partial charge in [0.2, 0.25) is 5.12 Å². The van der Waals surface area contributed by atoms with Gasteiger partial charge in [-0.15, -0.1) is 0 Å². The average Bonchev–Trinajstić information content (AvgIpc) is 2.14. The maximum Gasteiger partial charge on any atom is 0.205 e. The molecule has 0 radical (unpaired) electrons. The molecule has 0 aliphatic rings. The van der Waals surface area contributed by atoms with Crippen LogP contribution in [0.2, 0.25) is 0 Å². The average molecular weight is 217 g/mol. The van der Waals surface area contributed by atoms with Crippen molar-refractivity contribution in [2.75, 3.05) is 6.26 Å². The molecule has 0 fully saturated rings. The van der Waals surface area contributed by atoms with Gasteiger partial charge in [0.05, 0.1) is 6.04 Å². The summed E-state index contributed by atoms with van der Waals surface area (Å²) < 4.78 is 0. The molecule has 84 valence electrons. The van der Waals surface area contributed by atoms with Gasteiger partial charge in [-0.3, -0.25) is 4.79 Å². The largest absolute Gasteiger partial charge is 0.304 e. The van der Waals surface area contributed by atoms with E-state index in [4.69, 9.17) is 0 Å². The van der Waals surface area contributed by atoms with Crippen molar-refractivity contribution in [3.8, 4) is 0 Å². The van der Waals surface area contributed by atoms with Crippen LogP contribution in [0.3, 0.4) is 0 Å². The molecule has 0 heterocycles. The van der Waals surface area contributed by atoms with Crippen molar-refractivity contribution >= 4 is 16.9 Å². The summed E-state index contributed by atoms with van der Waals surface area (Å²) in [6.07, 6.45) is 3.86. The van der Waals surface area contributed by atoms with Crippen LogP contribution in [0.15, 0.2) is 0 Å². The second-order valence-electron chi connectivity index (χ2n) is 4.18. The van der Waals surface area contributed by atoms with Crippen molar-refractivity contribution < 1.29 is 4.79 Å². The van der Waals surface area contributed by atoms with Crippen molar-refractivity contribution in [2.45, 2.75) is 52.6 Å². The molecule has 0 aliphatic carbocycles. The Morgan fingerprint density at radius 1 is 1.36 bits per heavy atom. The number of hydrogen-bond acceptors (Lipinski definition) is 3. The molecule has 0 aliphatic heterocycles. The third kappa shape index (κ3) is 5.66. The molecule has 1 N–H and O–H groups in total. The van der Waals surface area contributed by atoms with Crippen molar-refractivity contribution in [2.24, 2.45) is 5.92 Å². The number of hydrogen-bond donors (Lipinski definition) is 1. The number of rotatable bonds is 6. The highest BCUT2D eigenvalue weighted by molar-refractivity contribution is 8.13. The van der Waals surface area contributed by atoms with Crippen molar-refractivity contribution in [3.63, 3.8) is 0 Å². The van der Waals surface area contributed by atoms with Crippen LogP contribution < -0.4 is 5.32 Å². The Labute approximate surface area is 92.2 Å². The van der Waals surface area contributed by atoms with E-state index >= 15 is 0 Å². The van der Waals surface area contributed by atoms with Gasteiger partial charge >= 0.3 is 0 Å². The van der Waals surface area contributed by atoms with E-state index in [1.54, 1.807) is 0 Å². The van der Waals surface area contributed by atoms with Gasteiger partial charge in [0.15, 0.2) is 0 Å². The van der Waals surface area contributed by atoms with E-state index in [0.29, 0.717) is 12.0 Å². The van der Waals surface area contributed by atoms with Gasteiger partial charge in [0.1, 0.15) is 0 Å². The molecule has 0 spiro atoms. The van der Waals surface area contributed by atoms with Crippen LogP contribution >= 0.6 is 11.8 Å². The minimum absolute atomic E-state index is 0.0277. The standard InChI is InChI=1S/C11H23NOS/c1-6-9(4)12-10(7-8(2)3)11(13)14-5/h8-10,12H,6-7H2,1-5H3. The van der Waals surface area contributed by atoms with Gasteiger partial charge < -0.3 is 5.32 Å². The summed E-state index contributed by atoms with van der Waals surface area (Å²) >= 11 is 1.33. The van der Waals surface area contributed by atoms with Gasteiger partial charge in [-0.2, -0.15) is 0 Å². The lowest BCUT2D eigenvalue weighted by atomic mass is 10.0. The van der Waals surface area contributed by atoms with Gasteiger partial charge in [0, 0.05) is 6.04 Å². The van der Waals surface area contributed by atoms with E-state index in [1.807, 2.05) is 6.26 Å². The lowest BCUT2D eigenvalue weighted by Gasteiger charge is -2.22.